The minimum atomic E-state index is 1.12. The molecule has 0 atom stereocenters. The minimum absolute atomic E-state index is 1.12. The lowest BCUT2D eigenvalue weighted by molar-refractivity contribution is 1.01. The van der Waals surface area contributed by atoms with Crippen LogP contribution in [0.5, 0.6) is 0 Å². The molecule has 0 saturated carbocycles. The quantitative estimate of drug-likeness (QED) is 0.736. The molecular weight excluding hydrogens is 214 g/mol. The number of nitrogens with zero attached hydrogens (tertiary/aromatic N) is 1. The number of hydrogen-bond donors (Lipinski definition) is 0. The number of benzene rings is 1. The highest BCUT2D eigenvalue weighted by Crippen LogP contribution is 2.36. The van der Waals surface area contributed by atoms with Crippen molar-refractivity contribution in [2.45, 2.75) is 18.4 Å². The summed E-state index contributed by atoms with van der Waals surface area (Å²) in [5.41, 5.74) is 5.23. The maximum atomic E-state index is 4.60. The second kappa shape index (κ2) is 3.95. The summed E-state index contributed by atoms with van der Waals surface area (Å²) in [6, 6.07) is 12.8. The molecule has 3 rings (SSSR count). The van der Waals surface area contributed by atoms with Gasteiger partial charge in [0.25, 0.3) is 0 Å². The standard InChI is InChI=1S/C14H13NS/c1-10-9-13(11-5-3-2-4-6-11)12-7-8-16-14(12)15-10/h2-6,9H,7-8H2,1H3. The minimum Gasteiger partial charge on any atom is -0.246 e. The number of thioether (sulfide) groups is 1. The van der Waals surface area contributed by atoms with Gasteiger partial charge in [-0.3, -0.25) is 0 Å². The zero-order valence-corrected chi connectivity index (χ0v) is 10.1. The van der Waals surface area contributed by atoms with Crippen LogP contribution in [-0.2, 0) is 6.42 Å². The van der Waals surface area contributed by atoms with Crippen LogP contribution in [0.4, 0.5) is 0 Å². The summed E-state index contributed by atoms with van der Waals surface area (Å²) in [5.74, 6) is 1.17. The van der Waals surface area contributed by atoms with E-state index in [0.717, 1.165) is 12.1 Å². The van der Waals surface area contributed by atoms with E-state index in [2.05, 4.69) is 48.3 Å². The molecule has 0 spiro atoms. The van der Waals surface area contributed by atoms with Gasteiger partial charge in [-0.15, -0.1) is 11.8 Å². The predicted octanol–water partition coefficient (Wildman–Crippen LogP) is 3.71. The van der Waals surface area contributed by atoms with Crippen molar-refractivity contribution in [3.8, 4) is 11.1 Å². The zero-order valence-electron chi connectivity index (χ0n) is 9.23. The maximum absolute atomic E-state index is 4.60. The van der Waals surface area contributed by atoms with Crippen molar-refractivity contribution in [1.82, 2.24) is 4.98 Å². The van der Waals surface area contributed by atoms with Crippen molar-refractivity contribution >= 4 is 11.8 Å². The lowest BCUT2D eigenvalue weighted by atomic mass is 9.99. The number of fused-ring (bicyclic) bond motifs is 1. The van der Waals surface area contributed by atoms with E-state index in [1.165, 1.54) is 27.5 Å². The average molecular weight is 227 g/mol. The van der Waals surface area contributed by atoms with Crippen LogP contribution in [0.25, 0.3) is 11.1 Å². The third-order valence-corrected chi connectivity index (χ3v) is 3.91. The highest BCUT2D eigenvalue weighted by atomic mass is 32.2. The van der Waals surface area contributed by atoms with Crippen molar-refractivity contribution in [1.29, 1.82) is 0 Å². The molecule has 0 unspecified atom stereocenters. The first-order valence-electron chi connectivity index (χ1n) is 5.53. The van der Waals surface area contributed by atoms with E-state index in [1.54, 1.807) is 0 Å². The fourth-order valence-electron chi connectivity index (χ4n) is 2.16. The summed E-state index contributed by atoms with van der Waals surface area (Å²) in [7, 11) is 0. The van der Waals surface area contributed by atoms with Crippen LogP contribution in [0.2, 0.25) is 0 Å². The highest BCUT2D eigenvalue weighted by molar-refractivity contribution is 7.99. The van der Waals surface area contributed by atoms with Crippen LogP contribution in [-0.4, -0.2) is 10.7 Å². The Hall–Kier alpha value is -1.28. The lowest BCUT2D eigenvalue weighted by Crippen LogP contribution is -1.93. The summed E-state index contributed by atoms with van der Waals surface area (Å²) in [6.07, 6.45) is 1.15. The molecule has 0 radical (unpaired) electrons. The molecule has 0 aliphatic carbocycles. The molecular formula is C14H13NS. The fraction of sp³-hybridized carbons (Fsp3) is 0.214. The van der Waals surface area contributed by atoms with E-state index in [-0.39, 0.29) is 0 Å². The van der Waals surface area contributed by atoms with Crippen LogP contribution in [0.1, 0.15) is 11.3 Å². The van der Waals surface area contributed by atoms with Gasteiger partial charge < -0.3 is 0 Å². The van der Waals surface area contributed by atoms with Crippen molar-refractivity contribution in [2.75, 3.05) is 5.75 Å². The van der Waals surface area contributed by atoms with Crippen LogP contribution >= 0.6 is 11.8 Å². The molecule has 1 aromatic carbocycles. The van der Waals surface area contributed by atoms with Crippen molar-refractivity contribution in [2.24, 2.45) is 0 Å². The smallest absolute Gasteiger partial charge is 0.100 e. The van der Waals surface area contributed by atoms with Gasteiger partial charge in [-0.1, -0.05) is 30.3 Å². The van der Waals surface area contributed by atoms with Gasteiger partial charge >= 0.3 is 0 Å². The first-order valence-corrected chi connectivity index (χ1v) is 6.52. The molecule has 1 aliphatic rings. The Balaban J connectivity index is 2.21. The second-order valence-electron chi connectivity index (χ2n) is 4.06. The van der Waals surface area contributed by atoms with E-state index < -0.39 is 0 Å². The fourth-order valence-corrected chi connectivity index (χ4v) is 3.25. The summed E-state index contributed by atoms with van der Waals surface area (Å²) >= 11 is 1.88. The number of aromatic nitrogens is 1. The normalized spacial score (nSPS) is 13.8. The molecule has 1 nitrogen and oxygen atoms in total. The van der Waals surface area contributed by atoms with E-state index in [0.29, 0.717) is 0 Å². The molecule has 0 amide bonds. The monoisotopic (exact) mass is 227 g/mol. The Labute approximate surface area is 99.9 Å². The van der Waals surface area contributed by atoms with Gasteiger partial charge in [-0.25, -0.2) is 4.98 Å². The van der Waals surface area contributed by atoms with Gasteiger partial charge in [-0.2, -0.15) is 0 Å². The van der Waals surface area contributed by atoms with Gasteiger partial charge in [0, 0.05) is 11.4 Å². The van der Waals surface area contributed by atoms with Crippen molar-refractivity contribution < 1.29 is 0 Å². The molecule has 0 saturated heterocycles. The van der Waals surface area contributed by atoms with Crippen LogP contribution < -0.4 is 0 Å². The Morgan fingerprint density at radius 3 is 2.81 bits per heavy atom. The van der Waals surface area contributed by atoms with Gasteiger partial charge in [0.1, 0.15) is 5.03 Å². The summed E-state index contributed by atoms with van der Waals surface area (Å²) in [5, 5.41) is 1.24. The van der Waals surface area contributed by atoms with E-state index in [4.69, 9.17) is 0 Å². The molecule has 1 aliphatic heterocycles. The summed E-state index contributed by atoms with van der Waals surface area (Å²) < 4.78 is 0. The Bertz CT molecular complexity index is 520. The zero-order chi connectivity index (χ0) is 11.0. The molecule has 0 N–H and O–H groups in total. The first kappa shape index (κ1) is 9.91. The number of aryl methyl sites for hydroxylation is 1. The predicted molar refractivity (Wildman–Crippen MR) is 68.8 cm³/mol. The van der Waals surface area contributed by atoms with Gasteiger partial charge in [0.15, 0.2) is 0 Å². The lowest BCUT2D eigenvalue weighted by Gasteiger charge is -2.08. The molecule has 2 aromatic rings. The summed E-state index contributed by atoms with van der Waals surface area (Å²) in [6.45, 7) is 2.08. The van der Waals surface area contributed by atoms with Crippen LogP contribution in [0.15, 0.2) is 41.4 Å². The number of hydrogen-bond acceptors (Lipinski definition) is 2. The largest absolute Gasteiger partial charge is 0.246 e. The third kappa shape index (κ3) is 1.63. The van der Waals surface area contributed by atoms with E-state index in [9.17, 15) is 0 Å². The van der Waals surface area contributed by atoms with Crippen molar-refractivity contribution in [3.63, 3.8) is 0 Å². The van der Waals surface area contributed by atoms with Gasteiger partial charge in [-0.05, 0) is 36.1 Å². The molecule has 2 heterocycles. The summed E-state index contributed by atoms with van der Waals surface area (Å²) in [4.78, 5) is 4.60. The van der Waals surface area contributed by atoms with E-state index in [1.807, 2.05) is 11.8 Å². The van der Waals surface area contributed by atoms with Crippen LogP contribution in [0.3, 0.4) is 0 Å². The topological polar surface area (TPSA) is 12.9 Å². The Morgan fingerprint density at radius 1 is 1.19 bits per heavy atom. The van der Waals surface area contributed by atoms with Gasteiger partial charge in [0.05, 0.1) is 0 Å². The van der Waals surface area contributed by atoms with Crippen molar-refractivity contribution in [3.05, 3.63) is 47.7 Å². The van der Waals surface area contributed by atoms with Crippen LogP contribution in [0, 0.1) is 6.92 Å². The third-order valence-electron chi connectivity index (χ3n) is 2.89. The molecule has 0 fully saturated rings. The number of rotatable bonds is 1. The molecule has 80 valence electrons. The average Bonchev–Trinajstić information content (AvgIpc) is 2.77. The molecule has 1 aromatic heterocycles. The SMILES string of the molecule is Cc1cc(-c2ccccc2)c2c(n1)SCC2. The second-order valence-corrected chi connectivity index (χ2v) is 5.14. The van der Waals surface area contributed by atoms with Gasteiger partial charge in [0.2, 0.25) is 0 Å². The highest BCUT2D eigenvalue weighted by Gasteiger charge is 2.18. The molecule has 16 heavy (non-hydrogen) atoms. The number of pyridine rings is 1. The van der Waals surface area contributed by atoms with E-state index >= 15 is 0 Å². The Kier molecular flexibility index (Phi) is 2.44. The first-order chi connectivity index (χ1) is 7.84. The maximum Gasteiger partial charge on any atom is 0.100 e. The molecule has 2 heteroatoms. The molecule has 0 bridgehead atoms. The Morgan fingerprint density at radius 2 is 2.00 bits per heavy atom.